The summed E-state index contributed by atoms with van der Waals surface area (Å²) in [6.45, 7) is 4.66. The Kier molecular flexibility index (Phi) is 5.25. The van der Waals surface area contributed by atoms with Crippen molar-refractivity contribution in [1.82, 2.24) is 4.90 Å². The molecule has 0 bridgehead atoms. The number of amides is 2. The number of anilines is 1. The average molecular weight is 442 g/mol. The second-order valence-electron chi connectivity index (χ2n) is 8.09. The van der Waals surface area contributed by atoms with Gasteiger partial charge in [0.15, 0.2) is 0 Å². The van der Waals surface area contributed by atoms with Gasteiger partial charge in [0.2, 0.25) is 5.91 Å². The lowest BCUT2D eigenvalue weighted by Gasteiger charge is -2.46. The number of rotatable bonds is 5. The number of carboxylic acids is 1. The van der Waals surface area contributed by atoms with Gasteiger partial charge in [0.05, 0.1) is 18.1 Å². The molecule has 1 saturated heterocycles. The molecule has 1 aromatic heterocycles. The fraction of sp³-hybridized carbons (Fsp3) is 0.364. The maximum atomic E-state index is 12.3. The van der Waals surface area contributed by atoms with Crippen LogP contribution in [0.4, 0.5) is 10.5 Å². The Labute approximate surface area is 182 Å². The second kappa shape index (κ2) is 7.79. The number of fused-ring (bicyclic) bond motifs is 2. The average Bonchev–Trinajstić information content (AvgIpc) is 2.94. The molecule has 32 heavy (non-hydrogen) atoms. The molecule has 2 aromatic rings. The molecule has 168 valence electrons. The number of ether oxygens (including phenoxy) is 1. The number of carbonyl (C=O) groups is 3. The summed E-state index contributed by atoms with van der Waals surface area (Å²) in [5, 5.41) is 22.7. The molecule has 1 fully saturated rings. The molecule has 4 rings (SSSR count). The van der Waals surface area contributed by atoms with Gasteiger partial charge >= 0.3 is 17.7 Å². The third-order valence-corrected chi connectivity index (χ3v) is 6.07. The van der Waals surface area contributed by atoms with Crippen LogP contribution in [0.1, 0.15) is 19.4 Å². The summed E-state index contributed by atoms with van der Waals surface area (Å²) < 4.78 is 10.4. The molecule has 3 heterocycles. The van der Waals surface area contributed by atoms with E-state index in [1.807, 2.05) is 0 Å². The zero-order chi connectivity index (χ0) is 23.3. The van der Waals surface area contributed by atoms with Crippen molar-refractivity contribution in [3.63, 3.8) is 0 Å². The smallest absolute Gasteiger partial charge is 0.411 e. The van der Waals surface area contributed by atoms with E-state index in [2.05, 4.69) is 5.32 Å². The van der Waals surface area contributed by atoms with E-state index in [-0.39, 0.29) is 12.3 Å². The van der Waals surface area contributed by atoms with Crippen LogP contribution in [0.15, 0.2) is 44.7 Å². The highest BCUT2D eigenvalue weighted by molar-refractivity contribution is 6.00. The minimum Gasteiger partial charge on any atom is -0.477 e. The first kappa shape index (κ1) is 21.6. The van der Waals surface area contributed by atoms with Gasteiger partial charge in [0, 0.05) is 34.7 Å². The van der Waals surface area contributed by atoms with Crippen LogP contribution in [-0.4, -0.2) is 51.8 Å². The lowest BCUT2D eigenvalue weighted by atomic mass is 9.78. The van der Waals surface area contributed by atoms with E-state index in [0.29, 0.717) is 16.8 Å². The normalized spacial score (nSPS) is 23.1. The number of aliphatic hydroxyl groups is 1. The van der Waals surface area contributed by atoms with Crippen LogP contribution >= 0.6 is 0 Å². The largest absolute Gasteiger partial charge is 0.477 e. The van der Waals surface area contributed by atoms with Gasteiger partial charge in [0.1, 0.15) is 17.9 Å². The summed E-state index contributed by atoms with van der Waals surface area (Å²) in [6, 6.07) is 5.69. The molecule has 2 aliphatic heterocycles. The summed E-state index contributed by atoms with van der Waals surface area (Å²) >= 11 is 0. The van der Waals surface area contributed by atoms with Crippen LogP contribution in [0, 0.1) is 18.8 Å². The fourth-order valence-electron chi connectivity index (χ4n) is 4.53. The van der Waals surface area contributed by atoms with Crippen LogP contribution in [-0.2, 0) is 14.3 Å². The van der Waals surface area contributed by atoms with E-state index in [1.54, 1.807) is 26.0 Å². The first-order valence-electron chi connectivity index (χ1n) is 10.1. The molecule has 0 aliphatic carbocycles. The maximum absolute atomic E-state index is 12.3. The van der Waals surface area contributed by atoms with Crippen LogP contribution < -0.4 is 10.9 Å². The number of nitrogens with one attached hydrogen (secondary N) is 1. The molecular weight excluding hydrogens is 420 g/mol. The van der Waals surface area contributed by atoms with Gasteiger partial charge < -0.3 is 24.3 Å². The number of β-lactam (4-membered cyclic amide) rings is 1. The zero-order valence-electron chi connectivity index (χ0n) is 17.6. The lowest BCUT2D eigenvalue weighted by Crippen LogP contribution is -2.63. The van der Waals surface area contributed by atoms with Crippen molar-refractivity contribution in [2.24, 2.45) is 11.8 Å². The molecule has 2 aliphatic rings. The molecule has 2 amide bonds. The topological polar surface area (TPSA) is 146 Å². The summed E-state index contributed by atoms with van der Waals surface area (Å²) in [5.74, 6) is -2.84. The van der Waals surface area contributed by atoms with Crippen molar-refractivity contribution in [2.75, 3.05) is 11.9 Å². The van der Waals surface area contributed by atoms with E-state index in [9.17, 15) is 29.4 Å². The molecule has 0 spiro atoms. The fourth-order valence-corrected chi connectivity index (χ4v) is 4.53. The second-order valence-corrected chi connectivity index (χ2v) is 8.09. The predicted octanol–water partition coefficient (Wildman–Crippen LogP) is 1.85. The van der Waals surface area contributed by atoms with Crippen LogP contribution in [0.3, 0.4) is 0 Å². The van der Waals surface area contributed by atoms with Gasteiger partial charge in [-0.1, -0.05) is 6.92 Å². The highest BCUT2D eigenvalue weighted by Crippen LogP contribution is 2.47. The van der Waals surface area contributed by atoms with Crippen LogP contribution in [0.25, 0.3) is 11.0 Å². The maximum Gasteiger partial charge on any atom is 0.411 e. The summed E-state index contributed by atoms with van der Waals surface area (Å²) in [4.78, 5) is 49.2. The molecule has 0 saturated carbocycles. The minimum atomic E-state index is -1.30. The highest BCUT2D eigenvalue weighted by atomic mass is 16.5. The van der Waals surface area contributed by atoms with E-state index < -0.39 is 47.6 Å². The van der Waals surface area contributed by atoms with Gasteiger partial charge in [0.25, 0.3) is 0 Å². The van der Waals surface area contributed by atoms with E-state index in [4.69, 9.17) is 9.15 Å². The SMILES string of the molecule is Cc1cc(=O)oc2cc(NC(=O)OCC3=C(C(=O)O)N4C(=O)C(C(C)O)C4C3C)ccc12. The Balaban J connectivity index is 1.49. The zero-order valence-corrected chi connectivity index (χ0v) is 17.6. The number of carboxylic acid groups (broad SMARTS) is 1. The quantitative estimate of drug-likeness (QED) is 0.470. The van der Waals surface area contributed by atoms with Gasteiger partial charge in [-0.05, 0) is 31.5 Å². The minimum absolute atomic E-state index is 0.208. The molecule has 4 atom stereocenters. The molecule has 0 radical (unpaired) electrons. The van der Waals surface area contributed by atoms with Gasteiger partial charge in [-0.25, -0.2) is 14.4 Å². The first-order chi connectivity index (χ1) is 15.1. The van der Waals surface area contributed by atoms with Crippen molar-refractivity contribution >= 4 is 34.6 Å². The first-order valence-corrected chi connectivity index (χ1v) is 10.1. The van der Waals surface area contributed by atoms with Gasteiger partial charge in [-0.3, -0.25) is 10.1 Å². The van der Waals surface area contributed by atoms with Gasteiger partial charge in [-0.2, -0.15) is 0 Å². The van der Waals surface area contributed by atoms with Crippen molar-refractivity contribution in [3.05, 3.63) is 51.5 Å². The predicted molar refractivity (Wildman–Crippen MR) is 112 cm³/mol. The number of hydrogen-bond donors (Lipinski definition) is 3. The molecule has 4 unspecified atom stereocenters. The number of carbonyl (C=O) groups excluding carboxylic acids is 2. The Hall–Kier alpha value is -3.66. The number of benzene rings is 1. The Morgan fingerprint density at radius 3 is 2.66 bits per heavy atom. The molecule has 10 nitrogen and oxygen atoms in total. The third-order valence-electron chi connectivity index (χ3n) is 6.07. The molecular formula is C22H22N2O8. The molecule has 10 heteroatoms. The van der Waals surface area contributed by atoms with Crippen molar-refractivity contribution in [2.45, 2.75) is 32.9 Å². The number of aliphatic carboxylic acids is 1. The van der Waals surface area contributed by atoms with Gasteiger partial charge in [-0.15, -0.1) is 0 Å². The highest BCUT2D eigenvalue weighted by Gasteiger charge is 2.59. The monoisotopic (exact) mass is 442 g/mol. The number of aryl methyl sites for hydroxylation is 1. The number of aliphatic hydroxyl groups excluding tert-OH is 1. The Morgan fingerprint density at radius 2 is 2.00 bits per heavy atom. The van der Waals surface area contributed by atoms with E-state index in [0.717, 1.165) is 15.8 Å². The van der Waals surface area contributed by atoms with Crippen molar-refractivity contribution in [1.29, 1.82) is 0 Å². The summed E-state index contributed by atoms with van der Waals surface area (Å²) in [6.07, 6.45) is -1.75. The van der Waals surface area contributed by atoms with E-state index >= 15 is 0 Å². The number of hydrogen-bond acceptors (Lipinski definition) is 7. The molecule has 3 N–H and O–H groups in total. The van der Waals surface area contributed by atoms with Crippen LogP contribution in [0.5, 0.6) is 0 Å². The summed E-state index contributed by atoms with van der Waals surface area (Å²) in [5.41, 5.74) is 0.960. The van der Waals surface area contributed by atoms with E-state index in [1.165, 1.54) is 19.1 Å². The molecule has 1 aromatic carbocycles. The summed E-state index contributed by atoms with van der Waals surface area (Å²) in [7, 11) is 0. The lowest BCUT2D eigenvalue weighted by molar-refractivity contribution is -0.163. The third kappa shape index (κ3) is 3.42. The standard InChI is InChI=1S/C22H22N2O8/c1-9-6-16(26)32-15-7-12(4-5-13(9)15)23-22(30)31-8-14-10(2)18-17(11(3)25)20(27)24(18)19(14)21(28)29/h4-7,10-11,17-18,25H,8H2,1-3H3,(H,23,30)(H,28,29). The Morgan fingerprint density at radius 1 is 1.28 bits per heavy atom. The number of nitrogens with zero attached hydrogens (tertiary/aromatic N) is 1. The van der Waals surface area contributed by atoms with Crippen molar-refractivity contribution < 1.29 is 33.8 Å². The van der Waals surface area contributed by atoms with Crippen LogP contribution in [0.2, 0.25) is 0 Å². The Bertz CT molecular complexity index is 1230. The van der Waals surface area contributed by atoms with Crippen molar-refractivity contribution in [3.8, 4) is 0 Å².